The minimum atomic E-state index is -1.74. The standard InChI is InChI=1S/C32H24O12/c1-10-13(24(35)16-9-42-19-8-18(34)28(39)23(32(40)41)22(19)26(16)37)6-15-25(36)21-17(33)7-14(12-4-3-5-12)27(38)31(21)44-30(15)20(10)29-11(2)43-29/h6-9,11-12,29,33-34,38-39H,3-5H2,1-2H3,(H,40,41). The molecule has 5 aromatic rings. The second-order valence-electron chi connectivity index (χ2n) is 11.3. The molecule has 12 heteroatoms. The number of ether oxygens (including phenoxy) is 1. The Hall–Kier alpha value is -5.36. The van der Waals surface area contributed by atoms with E-state index in [4.69, 9.17) is 13.6 Å². The molecule has 3 heterocycles. The average molecular weight is 601 g/mol. The Balaban J connectivity index is 1.51. The molecule has 2 unspecified atom stereocenters. The monoisotopic (exact) mass is 600 g/mol. The van der Waals surface area contributed by atoms with Gasteiger partial charge in [-0.15, -0.1) is 0 Å². The second kappa shape index (κ2) is 9.32. The summed E-state index contributed by atoms with van der Waals surface area (Å²) in [5.41, 5.74) is -2.87. The SMILES string of the molecule is Cc1c(C(=O)c2coc3cc(O)c(O)c(C(=O)O)c3c2=O)cc2c(=O)c3c(O)cc(C4CCC4)c(O)c3oc2c1C1OC1C. The van der Waals surface area contributed by atoms with Gasteiger partial charge in [-0.25, -0.2) is 4.79 Å². The summed E-state index contributed by atoms with van der Waals surface area (Å²) in [7, 11) is 0. The molecule has 1 saturated heterocycles. The number of epoxide rings is 1. The van der Waals surface area contributed by atoms with Crippen LogP contribution >= 0.6 is 0 Å². The van der Waals surface area contributed by atoms with Gasteiger partial charge in [-0.05, 0) is 50.3 Å². The Bertz CT molecular complexity index is 2250. The first-order valence-corrected chi connectivity index (χ1v) is 13.8. The van der Waals surface area contributed by atoms with Crippen molar-refractivity contribution in [3.05, 3.63) is 78.3 Å². The molecule has 1 saturated carbocycles. The predicted molar refractivity (Wildman–Crippen MR) is 154 cm³/mol. The summed E-state index contributed by atoms with van der Waals surface area (Å²) in [6, 6.07) is 3.42. The number of rotatable bonds is 5. The highest BCUT2D eigenvalue weighted by atomic mass is 16.6. The Morgan fingerprint density at radius 2 is 1.59 bits per heavy atom. The number of carboxylic acid groups (broad SMARTS) is 1. The van der Waals surface area contributed by atoms with Crippen LogP contribution < -0.4 is 10.9 Å². The Morgan fingerprint density at radius 1 is 0.886 bits per heavy atom. The summed E-state index contributed by atoms with van der Waals surface area (Å²) in [6.07, 6.45) is 2.50. The second-order valence-corrected chi connectivity index (χ2v) is 11.3. The fraction of sp³-hybridized carbons (Fsp3) is 0.250. The van der Waals surface area contributed by atoms with Crippen LogP contribution in [0.2, 0.25) is 0 Å². The maximum absolute atomic E-state index is 14.0. The van der Waals surface area contributed by atoms with E-state index < -0.39 is 56.7 Å². The summed E-state index contributed by atoms with van der Waals surface area (Å²) in [5, 5.41) is 50.7. The fourth-order valence-electron chi connectivity index (χ4n) is 6.14. The number of carbonyl (C=O) groups is 2. The van der Waals surface area contributed by atoms with E-state index in [9.17, 15) is 44.7 Å². The number of aromatic carboxylic acids is 1. The molecule has 0 bridgehead atoms. The summed E-state index contributed by atoms with van der Waals surface area (Å²) in [6.45, 7) is 3.34. The molecule has 3 aromatic carbocycles. The molecular weight excluding hydrogens is 576 g/mol. The molecule has 1 aliphatic heterocycles. The number of aromatic hydroxyl groups is 4. The van der Waals surface area contributed by atoms with E-state index in [1.807, 2.05) is 0 Å². The van der Waals surface area contributed by atoms with Gasteiger partial charge in [0.1, 0.15) is 45.8 Å². The number of fused-ring (bicyclic) bond motifs is 3. The van der Waals surface area contributed by atoms with Gasteiger partial charge in [0.2, 0.25) is 10.9 Å². The zero-order valence-electron chi connectivity index (χ0n) is 23.3. The van der Waals surface area contributed by atoms with E-state index in [0.717, 1.165) is 31.6 Å². The number of hydrogen-bond donors (Lipinski definition) is 5. The van der Waals surface area contributed by atoms with E-state index >= 15 is 0 Å². The van der Waals surface area contributed by atoms with Crippen LogP contribution in [0.5, 0.6) is 23.0 Å². The van der Waals surface area contributed by atoms with Crippen molar-refractivity contribution >= 4 is 44.7 Å². The number of ketones is 1. The fourth-order valence-corrected chi connectivity index (χ4v) is 6.14. The molecule has 2 aliphatic rings. The van der Waals surface area contributed by atoms with Crippen molar-refractivity contribution in [2.75, 3.05) is 0 Å². The number of phenols is 4. The van der Waals surface area contributed by atoms with Gasteiger partial charge in [0.25, 0.3) is 0 Å². The lowest BCUT2D eigenvalue weighted by Gasteiger charge is -2.26. The van der Waals surface area contributed by atoms with Crippen molar-refractivity contribution in [1.29, 1.82) is 0 Å². The van der Waals surface area contributed by atoms with Crippen LogP contribution in [0.25, 0.3) is 32.9 Å². The minimum Gasteiger partial charge on any atom is -0.507 e. The quantitative estimate of drug-likeness (QED) is 0.0603. The van der Waals surface area contributed by atoms with Gasteiger partial charge in [0, 0.05) is 22.8 Å². The highest BCUT2D eigenvalue weighted by Crippen LogP contribution is 2.48. The first-order valence-electron chi connectivity index (χ1n) is 13.8. The van der Waals surface area contributed by atoms with Crippen LogP contribution in [0.4, 0.5) is 0 Å². The highest BCUT2D eigenvalue weighted by molar-refractivity contribution is 6.14. The highest BCUT2D eigenvalue weighted by Gasteiger charge is 2.41. The topological polar surface area (TPSA) is 208 Å². The first-order chi connectivity index (χ1) is 20.9. The lowest BCUT2D eigenvalue weighted by molar-refractivity contribution is 0.0694. The predicted octanol–water partition coefficient (Wildman–Crippen LogP) is 4.84. The molecule has 0 amide bonds. The Morgan fingerprint density at radius 3 is 2.20 bits per heavy atom. The maximum Gasteiger partial charge on any atom is 0.340 e. The van der Waals surface area contributed by atoms with Crippen molar-refractivity contribution in [2.45, 2.75) is 51.2 Å². The van der Waals surface area contributed by atoms with E-state index in [1.165, 1.54) is 12.1 Å². The van der Waals surface area contributed by atoms with E-state index in [2.05, 4.69) is 0 Å². The lowest BCUT2D eigenvalue weighted by Crippen LogP contribution is -2.19. The molecule has 7 rings (SSSR count). The molecule has 0 spiro atoms. The molecule has 0 radical (unpaired) electrons. The Kier molecular flexibility index (Phi) is 5.82. The van der Waals surface area contributed by atoms with E-state index in [1.54, 1.807) is 13.8 Å². The number of benzene rings is 3. The smallest absolute Gasteiger partial charge is 0.340 e. The molecule has 224 valence electrons. The molecule has 2 atom stereocenters. The number of carboxylic acids is 1. The molecule has 12 nitrogen and oxygen atoms in total. The van der Waals surface area contributed by atoms with Crippen LogP contribution in [0.3, 0.4) is 0 Å². The molecule has 5 N–H and O–H groups in total. The largest absolute Gasteiger partial charge is 0.507 e. The third kappa shape index (κ3) is 3.73. The van der Waals surface area contributed by atoms with Crippen molar-refractivity contribution in [2.24, 2.45) is 0 Å². The van der Waals surface area contributed by atoms with Gasteiger partial charge in [-0.2, -0.15) is 0 Å². The third-order valence-electron chi connectivity index (χ3n) is 8.79. The van der Waals surface area contributed by atoms with Crippen molar-refractivity contribution in [1.82, 2.24) is 0 Å². The third-order valence-corrected chi connectivity index (χ3v) is 8.79. The summed E-state index contributed by atoms with van der Waals surface area (Å²) in [4.78, 5) is 53.3. The van der Waals surface area contributed by atoms with Crippen molar-refractivity contribution < 1.29 is 48.7 Å². The van der Waals surface area contributed by atoms with Crippen LogP contribution in [-0.2, 0) is 4.74 Å². The van der Waals surface area contributed by atoms with E-state index in [-0.39, 0.29) is 56.6 Å². The Labute approximate surface area is 246 Å². The first kappa shape index (κ1) is 27.5. The summed E-state index contributed by atoms with van der Waals surface area (Å²) in [5.74, 6) is -5.19. The lowest BCUT2D eigenvalue weighted by atomic mass is 9.79. The summed E-state index contributed by atoms with van der Waals surface area (Å²) >= 11 is 0. The van der Waals surface area contributed by atoms with Crippen LogP contribution in [0.15, 0.2) is 42.9 Å². The van der Waals surface area contributed by atoms with Crippen LogP contribution in [0, 0.1) is 6.92 Å². The summed E-state index contributed by atoms with van der Waals surface area (Å²) < 4.78 is 17.2. The molecule has 1 aliphatic carbocycles. The number of hydrogen-bond acceptors (Lipinski definition) is 11. The van der Waals surface area contributed by atoms with Gasteiger partial charge < -0.3 is 39.1 Å². The molecule has 44 heavy (non-hydrogen) atoms. The average Bonchev–Trinajstić information content (AvgIpc) is 3.66. The van der Waals surface area contributed by atoms with Gasteiger partial charge in [-0.3, -0.25) is 14.4 Å². The van der Waals surface area contributed by atoms with Crippen molar-refractivity contribution in [3.63, 3.8) is 0 Å². The maximum atomic E-state index is 14.0. The number of phenolic OH excluding ortho intramolecular Hbond substituents is 3. The van der Waals surface area contributed by atoms with Gasteiger partial charge in [0.05, 0.1) is 16.9 Å². The molecule has 2 fully saturated rings. The molecular formula is C32H24O12. The van der Waals surface area contributed by atoms with E-state index in [0.29, 0.717) is 16.7 Å². The van der Waals surface area contributed by atoms with Crippen molar-refractivity contribution in [3.8, 4) is 23.0 Å². The van der Waals surface area contributed by atoms with Crippen LogP contribution in [-0.4, -0.2) is 43.4 Å². The normalized spacial score (nSPS) is 18.1. The van der Waals surface area contributed by atoms with Gasteiger partial charge in [0.15, 0.2) is 28.6 Å². The molecule has 2 aromatic heterocycles. The zero-order chi connectivity index (χ0) is 31.4. The van der Waals surface area contributed by atoms with Crippen LogP contribution in [0.1, 0.15) is 81.2 Å². The minimum absolute atomic E-state index is 0.0143. The van der Waals surface area contributed by atoms with Gasteiger partial charge >= 0.3 is 5.97 Å². The number of carbonyl (C=O) groups excluding carboxylic acids is 1. The zero-order valence-corrected chi connectivity index (χ0v) is 23.3. The van der Waals surface area contributed by atoms with Gasteiger partial charge in [-0.1, -0.05) is 6.42 Å².